The Hall–Kier alpha value is -2.53. The van der Waals surface area contributed by atoms with Crippen molar-refractivity contribution in [3.05, 3.63) is 71.8 Å². The van der Waals surface area contributed by atoms with E-state index in [4.69, 9.17) is 10.00 Å². The molecule has 2 nitrogen and oxygen atoms in total. The second kappa shape index (κ2) is 6.27. The second-order valence-electron chi connectivity index (χ2n) is 3.81. The first kappa shape index (κ1) is 11.9. The van der Waals surface area contributed by atoms with Crippen LogP contribution in [0.2, 0.25) is 0 Å². The zero-order chi connectivity index (χ0) is 12.6. The summed E-state index contributed by atoms with van der Waals surface area (Å²) >= 11 is 0. The molecule has 0 heterocycles. The number of ether oxygens (including phenoxy) is 1. The minimum absolute atomic E-state index is 0.548. The van der Waals surface area contributed by atoms with Gasteiger partial charge >= 0.3 is 0 Å². The standard InChI is InChI=1S/C16H13NO/c17-11-5-9-14-8-4-10-16(12-14)18-13-15-6-2-1-3-7-15/h1-10,12H,13H2/b9-5-. The average molecular weight is 235 g/mol. The molecule has 0 saturated carbocycles. The molecule has 0 aliphatic heterocycles. The Bertz CT molecular complexity index is 567. The molecule has 18 heavy (non-hydrogen) atoms. The van der Waals surface area contributed by atoms with Crippen molar-refractivity contribution in [1.82, 2.24) is 0 Å². The lowest BCUT2D eigenvalue weighted by molar-refractivity contribution is 0.306. The van der Waals surface area contributed by atoms with Gasteiger partial charge in [0.05, 0.1) is 6.07 Å². The normalized spacial score (nSPS) is 10.2. The molecule has 2 aromatic rings. The maximum atomic E-state index is 8.48. The molecule has 0 aliphatic rings. The van der Waals surface area contributed by atoms with Crippen LogP contribution in [0.15, 0.2) is 60.7 Å². The van der Waals surface area contributed by atoms with E-state index < -0.39 is 0 Å². The highest BCUT2D eigenvalue weighted by atomic mass is 16.5. The molecule has 0 saturated heterocycles. The van der Waals surface area contributed by atoms with Gasteiger partial charge in [-0.2, -0.15) is 5.26 Å². The maximum absolute atomic E-state index is 8.48. The van der Waals surface area contributed by atoms with Gasteiger partial charge < -0.3 is 4.74 Å². The fraction of sp³-hybridized carbons (Fsp3) is 0.0625. The topological polar surface area (TPSA) is 33.0 Å². The van der Waals surface area contributed by atoms with E-state index in [1.54, 1.807) is 6.08 Å². The predicted molar refractivity (Wildman–Crippen MR) is 71.9 cm³/mol. The van der Waals surface area contributed by atoms with E-state index >= 15 is 0 Å². The quantitative estimate of drug-likeness (QED) is 0.755. The summed E-state index contributed by atoms with van der Waals surface area (Å²) in [5.74, 6) is 0.805. The first-order chi connectivity index (χ1) is 8.88. The van der Waals surface area contributed by atoms with Gasteiger partial charge in [0, 0.05) is 6.08 Å². The minimum atomic E-state index is 0.548. The van der Waals surface area contributed by atoms with E-state index in [-0.39, 0.29) is 0 Å². The highest BCUT2D eigenvalue weighted by Gasteiger charge is 1.96. The fourth-order valence-electron chi connectivity index (χ4n) is 1.58. The Labute approximate surface area is 107 Å². The van der Waals surface area contributed by atoms with Crippen molar-refractivity contribution in [2.45, 2.75) is 6.61 Å². The fourth-order valence-corrected chi connectivity index (χ4v) is 1.58. The molecule has 0 aromatic heterocycles. The van der Waals surface area contributed by atoms with Gasteiger partial charge in [-0.3, -0.25) is 0 Å². The largest absolute Gasteiger partial charge is 0.489 e. The lowest BCUT2D eigenvalue weighted by atomic mass is 10.2. The minimum Gasteiger partial charge on any atom is -0.489 e. The van der Waals surface area contributed by atoms with Gasteiger partial charge in [-0.15, -0.1) is 0 Å². The molecule has 0 spiro atoms. The smallest absolute Gasteiger partial charge is 0.120 e. The summed E-state index contributed by atoms with van der Waals surface area (Å²) in [6, 6.07) is 19.7. The first-order valence-electron chi connectivity index (χ1n) is 5.71. The van der Waals surface area contributed by atoms with Crippen LogP contribution in [0, 0.1) is 11.3 Å². The number of nitrogens with zero attached hydrogens (tertiary/aromatic N) is 1. The van der Waals surface area contributed by atoms with Crippen LogP contribution in [0.25, 0.3) is 6.08 Å². The summed E-state index contributed by atoms with van der Waals surface area (Å²) in [6.07, 6.45) is 3.21. The zero-order valence-corrected chi connectivity index (χ0v) is 9.91. The Morgan fingerprint density at radius 1 is 1.06 bits per heavy atom. The van der Waals surface area contributed by atoms with Gasteiger partial charge in [-0.1, -0.05) is 42.5 Å². The number of nitriles is 1. The van der Waals surface area contributed by atoms with Gasteiger partial charge in [-0.25, -0.2) is 0 Å². The molecule has 0 unspecified atom stereocenters. The van der Waals surface area contributed by atoms with Crippen molar-refractivity contribution < 1.29 is 4.74 Å². The second-order valence-corrected chi connectivity index (χ2v) is 3.81. The van der Waals surface area contributed by atoms with E-state index in [1.165, 1.54) is 6.08 Å². The maximum Gasteiger partial charge on any atom is 0.120 e. The summed E-state index contributed by atoms with van der Waals surface area (Å²) in [5, 5.41) is 8.48. The molecular formula is C16H13NO. The summed E-state index contributed by atoms with van der Waals surface area (Å²) < 4.78 is 5.70. The molecule has 0 fully saturated rings. The summed E-state index contributed by atoms with van der Waals surface area (Å²) in [4.78, 5) is 0. The van der Waals surface area contributed by atoms with Gasteiger partial charge in [0.2, 0.25) is 0 Å². The number of benzene rings is 2. The molecule has 0 amide bonds. The molecular weight excluding hydrogens is 222 g/mol. The average Bonchev–Trinajstić information content (AvgIpc) is 2.44. The van der Waals surface area contributed by atoms with Crippen molar-refractivity contribution in [3.63, 3.8) is 0 Å². The summed E-state index contributed by atoms with van der Waals surface area (Å²) in [5.41, 5.74) is 2.09. The number of hydrogen-bond donors (Lipinski definition) is 0. The van der Waals surface area contributed by atoms with E-state index in [2.05, 4.69) is 0 Å². The van der Waals surface area contributed by atoms with Gasteiger partial charge in [-0.05, 0) is 29.3 Å². The Morgan fingerprint density at radius 3 is 2.67 bits per heavy atom. The highest BCUT2D eigenvalue weighted by Crippen LogP contribution is 2.16. The van der Waals surface area contributed by atoms with Crippen LogP contribution < -0.4 is 4.74 Å². The van der Waals surface area contributed by atoms with E-state index in [0.29, 0.717) is 6.61 Å². The van der Waals surface area contributed by atoms with E-state index in [0.717, 1.165) is 16.9 Å². The lowest BCUT2D eigenvalue weighted by Gasteiger charge is -2.06. The van der Waals surface area contributed by atoms with Crippen LogP contribution in [0.1, 0.15) is 11.1 Å². The molecule has 0 aliphatic carbocycles. The third-order valence-electron chi connectivity index (χ3n) is 2.46. The molecule has 0 N–H and O–H groups in total. The van der Waals surface area contributed by atoms with Crippen molar-refractivity contribution >= 4 is 6.08 Å². The molecule has 2 rings (SSSR count). The monoisotopic (exact) mass is 235 g/mol. The summed E-state index contributed by atoms with van der Waals surface area (Å²) in [6.45, 7) is 0.548. The SMILES string of the molecule is N#C/C=C\c1cccc(OCc2ccccc2)c1. The lowest BCUT2D eigenvalue weighted by Crippen LogP contribution is -1.94. The van der Waals surface area contributed by atoms with Crippen LogP contribution in [-0.4, -0.2) is 0 Å². The molecule has 0 bridgehead atoms. The highest BCUT2D eigenvalue weighted by molar-refractivity contribution is 5.53. The van der Waals surface area contributed by atoms with E-state index in [9.17, 15) is 0 Å². The third-order valence-corrected chi connectivity index (χ3v) is 2.46. The van der Waals surface area contributed by atoms with Gasteiger partial charge in [0.1, 0.15) is 12.4 Å². The molecule has 2 heteroatoms. The molecule has 0 radical (unpaired) electrons. The van der Waals surface area contributed by atoms with Crippen LogP contribution in [0.3, 0.4) is 0 Å². The van der Waals surface area contributed by atoms with Crippen LogP contribution in [-0.2, 0) is 6.61 Å². The molecule has 2 aromatic carbocycles. The Morgan fingerprint density at radius 2 is 1.89 bits per heavy atom. The summed E-state index contributed by atoms with van der Waals surface area (Å²) in [7, 11) is 0. The van der Waals surface area contributed by atoms with Crippen LogP contribution in [0.4, 0.5) is 0 Å². The van der Waals surface area contributed by atoms with Crippen molar-refractivity contribution in [3.8, 4) is 11.8 Å². The molecule has 0 atom stereocenters. The van der Waals surface area contributed by atoms with Gasteiger partial charge in [0.15, 0.2) is 0 Å². The number of rotatable bonds is 4. The van der Waals surface area contributed by atoms with Crippen molar-refractivity contribution in [1.29, 1.82) is 5.26 Å². The Kier molecular flexibility index (Phi) is 4.16. The third kappa shape index (κ3) is 3.50. The van der Waals surface area contributed by atoms with E-state index in [1.807, 2.05) is 60.7 Å². The van der Waals surface area contributed by atoms with Crippen molar-refractivity contribution in [2.75, 3.05) is 0 Å². The zero-order valence-electron chi connectivity index (χ0n) is 9.91. The van der Waals surface area contributed by atoms with Crippen LogP contribution >= 0.6 is 0 Å². The predicted octanol–water partition coefficient (Wildman–Crippen LogP) is 3.80. The van der Waals surface area contributed by atoms with Crippen molar-refractivity contribution in [2.24, 2.45) is 0 Å². The Balaban J connectivity index is 2.02. The van der Waals surface area contributed by atoms with Gasteiger partial charge in [0.25, 0.3) is 0 Å². The number of hydrogen-bond acceptors (Lipinski definition) is 2. The first-order valence-corrected chi connectivity index (χ1v) is 5.71. The van der Waals surface area contributed by atoms with Crippen LogP contribution in [0.5, 0.6) is 5.75 Å². The molecule has 88 valence electrons. The number of allylic oxidation sites excluding steroid dienone is 1.